The van der Waals surface area contributed by atoms with Crippen molar-refractivity contribution in [3.63, 3.8) is 0 Å². The molecule has 3 heteroatoms. The first-order chi connectivity index (χ1) is 7.26. The molecule has 0 N–H and O–H groups in total. The number of rotatable bonds is 6. The summed E-state index contributed by atoms with van der Waals surface area (Å²) in [6, 6.07) is 0. The molecule has 15 heavy (non-hydrogen) atoms. The van der Waals surface area contributed by atoms with Crippen molar-refractivity contribution in [2.75, 3.05) is 25.2 Å². The lowest BCUT2D eigenvalue weighted by molar-refractivity contribution is -0.105. The van der Waals surface area contributed by atoms with Crippen molar-refractivity contribution in [1.29, 1.82) is 0 Å². The molecule has 1 aliphatic rings. The van der Waals surface area contributed by atoms with Crippen molar-refractivity contribution < 1.29 is 9.47 Å². The van der Waals surface area contributed by atoms with E-state index in [9.17, 15) is 0 Å². The van der Waals surface area contributed by atoms with Crippen LogP contribution in [0.1, 0.15) is 39.5 Å². The molecule has 0 bridgehead atoms. The van der Waals surface area contributed by atoms with Crippen molar-refractivity contribution in [1.82, 2.24) is 0 Å². The lowest BCUT2D eigenvalue weighted by Crippen LogP contribution is -2.41. The van der Waals surface area contributed by atoms with Gasteiger partial charge < -0.3 is 9.47 Å². The Morgan fingerprint density at radius 1 is 1.27 bits per heavy atom. The third-order valence-electron chi connectivity index (χ3n) is 3.43. The van der Waals surface area contributed by atoms with Crippen LogP contribution in [0.4, 0.5) is 0 Å². The Labute approximate surface area is 102 Å². The van der Waals surface area contributed by atoms with Gasteiger partial charge in [-0.15, -0.1) is 0 Å². The smallest absolute Gasteiger partial charge is 0.0822 e. The summed E-state index contributed by atoms with van der Waals surface area (Å²) in [5, 5.41) is 0.934. The molecule has 0 saturated carbocycles. The molecule has 0 aliphatic carbocycles. The highest BCUT2D eigenvalue weighted by atomic mass is 79.9. The lowest BCUT2D eigenvalue weighted by atomic mass is 9.96. The van der Waals surface area contributed by atoms with Gasteiger partial charge in [-0.1, -0.05) is 42.6 Å². The van der Waals surface area contributed by atoms with E-state index in [1.54, 1.807) is 0 Å². The third kappa shape index (κ3) is 4.04. The second-order valence-corrected chi connectivity index (χ2v) is 4.98. The van der Waals surface area contributed by atoms with Crippen molar-refractivity contribution in [3.05, 3.63) is 0 Å². The van der Waals surface area contributed by atoms with E-state index in [1.165, 1.54) is 12.8 Å². The molecule has 0 unspecified atom stereocenters. The average molecular weight is 279 g/mol. The van der Waals surface area contributed by atoms with Gasteiger partial charge in [-0.3, -0.25) is 0 Å². The number of ether oxygens (including phenoxy) is 2. The van der Waals surface area contributed by atoms with Crippen molar-refractivity contribution in [2.24, 2.45) is 5.92 Å². The highest BCUT2D eigenvalue weighted by Gasteiger charge is 2.32. The number of hydrogen-bond acceptors (Lipinski definition) is 2. The SMILES string of the molecule is CCC(CC)COC1(CBr)CCOCC1. The van der Waals surface area contributed by atoms with Gasteiger partial charge in [0, 0.05) is 31.4 Å². The molecular weight excluding hydrogens is 256 g/mol. The van der Waals surface area contributed by atoms with E-state index in [0.717, 1.165) is 38.0 Å². The van der Waals surface area contributed by atoms with Crippen molar-refractivity contribution in [3.8, 4) is 0 Å². The largest absolute Gasteiger partial charge is 0.381 e. The quantitative estimate of drug-likeness (QED) is 0.694. The lowest BCUT2D eigenvalue weighted by Gasteiger charge is -2.36. The third-order valence-corrected chi connectivity index (χ3v) is 4.45. The summed E-state index contributed by atoms with van der Waals surface area (Å²) in [6.07, 6.45) is 4.48. The van der Waals surface area contributed by atoms with E-state index >= 15 is 0 Å². The molecule has 90 valence electrons. The zero-order valence-electron chi connectivity index (χ0n) is 9.93. The van der Waals surface area contributed by atoms with E-state index < -0.39 is 0 Å². The molecule has 0 radical (unpaired) electrons. The molecule has 0 amide bonds. The van der Waals surface area contributed by atoms with Gasteiger partial charge in [-0.05, 0) is 5.92 Å². The first kappa shape index (κ1) is 13.5. The summed E-state index contributed by atoms with van der Waals surface area (Å²) in [4.78, 5) is 0. The van der Waals surface area contributed by atoms with Crippen LogP contribution in [0, 0.1) is 5.92 Å². The Hall–Kier alpha value is 0.400. The van der Waals surface area contributed by atoms with E-state index in [4.69, 9.17) is 9.47 Å². The van der Waals surface area contributed by atoms with Crippen LogP contribution in [-0.2, 0) is 9.47 Å². The minimum Gasteiger partial charge on any atom is -0.381 e. The maximum Gasteiger partial charge on any atom is 0.0822 e. The molecule has 2 nitrogen and oxygen atoms in total. The zero-order valence-corrected chi connectivity index (χ0v) is 11.5. The van der Waals surface area contributed by atoms with Gasteiger partial charge in [0.15, 0.2) is 0 Å². The zero-order chi connectivity index (χ0) is 11.1. The van der Waals surface area contributed by atoms with Crippen LogP contribution in [0.15, 0.2) is 0 Å². The summed E-state index contributed by atoms with van der Waals surface area (Å²) >= 11 is 3.58. The molecule has 1 rings (SSSR count). The molecule has 1 heterocycles. The summed E-state index contributed by atoms with van der Waals surface area (Å²) in [5.74, 6) is 0.712. The first-order valence-corrected chi connectivity index (χ1v) is 7.16. The van der Waals surface area contributed by atoms with Crippen molar-refractivity contribution in [2.45, 2.75) is 45.1 Å². The van der Waals surface area contributed by atoms with Gasteiger partial charge >= 0.3 is 0 Å². The highest BCUT2D eigenvalue weighted by molar-refractivity contribution is 9.09. The van der Waals surface area contributed by atoms with Crippen LogP contribution < -0.4 is 0 Å². The Kier molecular flexibility index (Phi) is 6.17. The molecule has 1 saturated heterocycles. The van der Waals surface area contributed by atoms with Crippen LogP contribution in [0.3, 0.4) is 0 Å². The fourth-order valence-electron chi connectivity index (χ4n) is 1.88. The van der Waals surface area contributed by atoms with Gasteiger partial charge in [0.2, 0.25) is 0 Å². The molecule has 0 aromatic carbocycles. The summed E-state index contributed by atoms with van der Waals surface area (Å²) in [6.45, 7) is 7.06. The second-order valence-electron chi connectivity index (χ2n) is 4.42. The topological polar surface area (TPSA) is 18.5 Å². The highest BCUT2D eigenvalue weighted by Crippen LogP contribution is 2.28. The monoisotopic (exact) mass is 278 g/mol. The molecule has 0 atom stereocenters. The van der Waals surface area contributed by atoms with Crippen LogP contribution in [0.5, 0.6) is 0 Å². The number of alkyl halides is 1. The molecule has 0 aromatic heterocycles. The summed E-state index contributed by atoms with van der Waals surface area (Å²) < 4.78 is 11.5. The van der Waals surface area contributed by atoms with Crippen LogP contribution in [0.25, 0.3) is 0 Å². The first-order valence-electron chi connectivity index (χ1n) is 6.04. The van der Waals surface area contributed by atoms with Crippen LogP contribution >= 0.6 is 15.9 Å². The Balaban J connectivity index is 2.38. The predicted octanol–water partition coefficient (Wildman–Crippen LogP) is 3.38. The van der Waals surface area contributed by atoms with Crippen LogP contribution in [0.2, 0.25) is 0 Å². The molecule has 1 aliphatic heterocycles. The second kappa shape index (κ2) is 6.87. The van der Waals surface area contributed by atoms with Gasteiger partial charge in [0.1, 0.15) is 0 Å². The normalized spacial score (nSPS) is 20.8. The Morgan fingerprint density at radius 3 is 2.33 bits per heavy atom. The molecular formula is C12H23BrO2. The molecule has 0 aromatic rings. The average Bonchev–Trinajstić information content (AvgIpc) is 2.31. The Morgan fingerprint density at radius 2 is 1.87 bits per heavy atom. The maximum absolute atomic E-state index is 6.14. The van der Waals surface area contributed by atoms with Gasteiger partial charge in [-0.25, -0.2) is 0 Å². The standard InChI is InChI=1S/C12H23BrO2/c1-3-11(4-2)9-15-12(10-13)5-7-14-8-6-12/h11H,3-10H2,1-2H3. The number of hydrogen-bond donors (Lipinski definition) is 0. The summed E-state index contributed by atoms with van der Waals surface area (Å²) in [5.41, 5.74) is 0.0425. The molecule has 1 fully saturated rings. The van der Waals surface area contributed by atoms with E-state index in [2.05, 4.69) is 29.8 Å². The van der Waals surface area contributed by atoms with Gasteiger partial charge in [0.25, 0.3) is 0 Å². The fraction of sp³-hybridized carbons (Fsp3) is 1.00. The Bertz CT molecular complexity index is 163. The predicted molar refractivity (Wildman–Crippen MR) is 66.6 cm³/mol. The van der Waals surface area contributed by atoms with E-state index in [-0.39, 0.29) is 5.60 Å². The minimum absolute atomic E-state index is 0.0425. The van der Waals surface area contributed by atoms with Gasteiger partial charge in [-0.2, -0.15) is 0 Å². The van der Waals surface area contributed by atoms with E-state index in [1.807, 2.05) is 0 Å². The molecule has 0 spiro atoms. The van der Waals surface area contributed by atoms with Crippen molar-refractivity contribution >= 4 is 15.9 Å². The maximum atomic E-state index is 6.14. The van der Waals surface area contributed by atoms with E-state index in [0.29, 0.717) is 5.92 Å². The number of halogens is 1. The van der Waals surface area contributed by atoms with Gasteiger partial charge in [0.05, 0.1) is 12.2 Å². The fourth-order valence-corrected chi connectivity index (χ4v) is 2.60. The minimum atomic E-state index is 0.0425. The van der Waals surface area contributed by atoms with Crippen LogP contribution in [-0.4, -0.2) is 30.8 Å². The summed E-state index contributed by atoms with van der Waals surface area (Å²) in [7, 11) is 0.